The Kier molecular flexibility index (Phi) is 3.81. The molecule has 3 aromatic carbocycles. The van der Waals surface area contributed by atoms with Crippen molar-refractivity contribution in [3.8, 4) is 0 Å². The molecule has 1 saturated carbocycles. The molecule has 0 aromatic heterocycles. The van der Waals surface area contributed by atoms with Gasteiger partial charge in [-0.25, -0.2) is 0 Å². The van der Waals surface area contributed by atoms with Crippen molar-refractivity contribution >= 4 is 21.5 Å². The lowest BCUT2D eigenvalue weighted by Gasteiger charge is -2.37. The van der Waals surface area contributed by atoms with Crippen LogP contribution in [0.1, 0.15) is 62.5 Å². The van der Waals surface area contributed by atoms with Gasteiger partial charge in [-0.1, -0.05) is 87.6 Å². The summed E-state index contributed by atoms with van der Waals surface area (Å²) in [4.78, 5) is 0. The Labute approximate surface area is 151 Å². The van der Waals surface area contributed by atoms with E-state index in [0.717, 1.165) is 11.8 Å². The molecule has 128 valence electrons. The van der Waals surface area contributed by atoms with Crippen molar-refractivity contribution in [3.05, 3.63) is 59.7 Å². The van der Waals surface area contributed by atoms with Gasteiger partial charge in [-0.15, -0.1) is 0 Å². The van der Waals surface area contributed by atoms with Crippen LogP contribution in [-0.4, -0.2) is 0 Å². The third kappa shape index (κ3) is 2.58. The molecule has 0 amide bonds. The van der Waals surface area contributed by atoms with Gasteiger partial charge in [0.2, 0.25) is 0 Å². The first-order valence-electron chi connectivity index (χ1n) is 10.2. The summed E-state index contributed by atoms with van der Waals surface area (Å²) in [6, 6.07) is 18.4. The molecule has 2 unspecified atom stereocenters. The topological polar surface area (TPSA) is 0 Å². The first-order chi connectivity index (χ1) is 12.3. The van der Waals surface area contributed by atoms with Gasteiger partial charge in [-0.05, 0) is 63.3 Å². The van der Waals surface area contributed by atoms with E-state index in [2.05, 4.69) is 55.5 Å². The van der Waals surface area contributed by atoms with E-state index in [1.165, 1.54) is 66.5 Å². The van der Waals surface area contributed by atoms with Crippen molar-refractivity contribution in [3.63, 3.8) is 0 Å². The van der Waals surface area contributed by atoms with Crippen LogP contribution in [0.3, 0.4) is 0 Å². The summed E-state index contributed by atoms with van der Waals surface area (Å²) in [5, 5.41) is 5.75. The number of fused-ring (bicyclic) bond motifs is 5. The Morgan fingerprint density at radius 1 is 0.720 bits per heavy atom. The molecule has 0 N–H and O–H groups in total. The van der Waals surface area contributed by atoms with Crippen LogP contribution in [-0.2, 0) is 6.42 Å². The summed E-state index contributed by atoms with van der Waals surface area (Å²) in [5.41, 5.74) is 3.28. The molecule has 2 aliphatic carbocycles. The molecule has 2 aliphatic rings. The number of rotatable bonds is 1. The van der Waals surface area contributed by atoms with Crippen molar-refractivity contribution < 1.29 is 0 Å². The molecule has 5 rings (SSSR count). The van der Waals surface area contributed by atoms with Crippen LogP contribution in [0.5, 0.6) is 0 Å². The Balaban J connectivity index is 1.64. The van der Waals surface area contributed by atoms with Gasteiger partial charge >= 0.3 is 0 Å². The van der Waals surface area contributed by atoms with E-state index in [1.54, 1.807) is 11.1 Å². The summed E-state index contributed by atoms with van der Waals surface area (Å²) in [5.74, 6) is 2.59. The van der Waals surface area contributed by atoms with Crippen LogP contribution in [0.2, 0.25) is 0 Å². The predicted molar refractivity (Wildman–Crippen MR) is 108 cm³/mol. The van der Waals surface area contributed by atoms with Gasteiger partial charge in [0.15, 0.2) is 0 Å². The van der Waals surface area contributed by atoms with E-state index in [9.17, 15) is 0 Å². The van der Waals surface area contributed by atoms with Gasteiger partial charge in [-0.3, -0.25) is 0 Å². The zero-order chi connectivity index (χ0) is 16.8. The second-order valence-electron chi connectivity index (χ2n) is 8.51. The smallest absolute Gasteiger partial charge is 0.0102 e. The highest BCUT2D eigenvalue weighted by molar-refractivity contribution is 6.08. The van der Waals surface area contributed by atoms with Gasteiger partial charge in [0, 0.05) is 0 Å². The van der Waals surface area contributed by atoms with Gasteiger partial charge in [0.25, 0.3) is 0 Å². The molecule has 3 aromatic rings. The normalized spacial score (nSPS) is 24.5. The largest absolute Gasteiger partial charge is 0.0616 e. The minimum Gasteiger partial charge on any atom is -0.0616 e. The highest BCUT2D eigenvalue weighted by atomic mass is 14.4. The van der Waals surface area contributed by atoms with Gasteiger partial charge in [0.1, 0.15) is 0 Å². The van der Waals surface area contributed by atoms with E-state index < -0.39 is 0 Å². The standard InChI is InChI=1S/C25H28/c1-17-15-20(18-7-3-2-4-8-18)16-25-21(17)13-14-23-22-10-6-5-9-19(22)11-12-24(23)25/h5-6,9-14,17-18,20H,2-4,7-8,15-16H2,1H3. The minimum atomic E-state index is 0.714. The second kappa shape index (κ2) is 6.16. The Morgan fingerprint density at radius 2 is 1.52 bits per heavy atom. The van der Waals surface area contributed by atoms with E-state index in [4.69, 9.17) is 0 Å². The van der Waals surface area contributed by atoms with E-state index in [1.807, 2.05) is 0 Å². The average Bonchev–Trinajstić information content (AvgIpc) is 2.68. The monoisotopic (exact) mass is 328 g/mol. The molecule has 0 heterocycles. The van der Waals surface area contributed by atoms with Crippen molar-refractivity contribution in [2.45, 2.75) is 57.8 Å². The maximum Gasteiger partial charge on any atom is -0.0102 e. The van der Waals surface area contributed by atoms with Crippen LogP contribution in [0.25, 0.3) is 21.5 Å². The van der Waals surface area contributed by atoms with Crippen molar-refractivity contribution in [2.24, 2.45) is 11.8 Å². The number of hydrogen-bond acceptors (Lipinski definition) is 0. The van der Waals surface area contributed by atoms with Gasteiger partial charge in [-0.2, -0.15) is 0 Å². The van der Waals surface area contributed by atoms with Crippen LogP contribution in [0.15, 0.2) is 48.5 Å². The molecule has 0 spiro atoms. The molecule has 0 nitrogen and oxygen atoms in total. The predicted octanol–water partition coefficient (Wildman–Crippen LogP) is 7.24. The third-order valence-electron chi connectivity index (χ3n) is 7.04. The zero-order valence-corrected chi connectivity index (χ0v) is 15.3. The molecule has 0 heteroatoms. The fourth-order valence-electron chi connectivity index (χ4n) is 5.75. The summed E-state index contributed by atoms with van der Waals surface area (Å²) < 4.78 is 0. The lowest BCUT2D eigenvalue weighted by molar-refractivity contribution is 0.218. The highest BCUT2D eigenvalue weighted by Crippen LogP contribution is 2.45. The maximum absolute atomic E-state index is 2.46. The fraction of sp³-hybridized carbons (Fsp3) is 0.440. The van der Waals surface area contributed by atoms with E-state index >= 15 is 0 Å². The van der Waals surface area contributed by atoms with E-state index in [-0.39, 0.29) is 0 Å². The zero-order valence-electron chi connectivity index (χ0n) is 15.3. The minimum absolute atomic E-state index is 0.714. The molecule has 1 fully saturated rings. The number of benzene rings is 3. The van der Waals surface area contributed by atoms with Crippen LogP contribution in [0.4, 0.5) is 0 Å². The molecule has 0 saturated heterocycles. The lowest BCUT2D eigenvalue weighted by Crippen LogP contribution is -2.26. The van der Waals surface area contributed by atoms with Crippen molar-refractivity contribution in [1.82, 2.24) is 0 Å². The van der Waals surface area contributed by atoms with Crippen molar-refractivity contribution in [1.29, 1.82) is 0 Å². The Bertz CT molecular complexity index is 914. The van der Waals surface area contributed by atoms with Crippen LogP contribution < -0.4 is 0 Å². The highest BCUT2D eigenvalue weighted by Gasteiger charge is 2.31. The average molecular weight is 328 g/mol. The summed E-state index contributed by atoms with van der Waals surface area (Å²) >= 11 is 0. The summed E-state index contributed by atoms with van der Waals surface area (Å²) in [6.07, 6.45) is 10.0. The Morgan fingerprint density at radius 3 is 2.40 bits per heavy atom. The number of hydrogen-bond donors (Lipinski definition) is 0. The molecule has 0 radical (unpaired) electrons. The van der Waals surface area contributed by atoms with Crippen molar-refractivity contribution in [2.75, 3.05) is 0 Å². The first-order valence-corrected chi connectivity index (χ1v) is 10.2. The maximum atomic E-state index is 2.46. The van der Waals surface area contributed by atoms with Gasteiger partial charge in [0.05, 0.1) is 0 Å². The van der Waals surface area contributed by atoms with Crippen LogP contribution in [0, 0.1) is 11.8 Å². The van der Waals surface area contributed by atoms with E-state index in [0.29, 0.717) is 5.92 Å². The molecule has 2 atom stereocenters. The molecular formula is C25H28. The lowest BCUT2D eigenvalue weighted by atomic mass is 9.68. The van der Waals surface area contributed by atoms with Gasteiger partial charge < -0.3 is 0 Å². The molecular weight excluding hydrogens is 300 g/mol. The molecule has 0 bridgehead atoms. The SMILES string of the molecule is CC1CC(C2CCCCC2)Cc2c1ccc1c2ccc2ccccc21. The summed E-state index contributed by atoms with van der Waals surface area (Å²) in [6.45, 7) is 2.46. The molecule has 0 aliphatic heterocycles. The molecule has 25 heavy (non-hydrogen) atoms. The second-order valence-corrected chi connectivity index (χ2v) is 8.51. The quantitative estimate of drug-likeness (QED) is 0.413. The van der Waals surface area contributed by atoms with Crippen LogP contribution >= 0.6 is 0 Å². The summed E-state index contributed by atoms with van der Waals surface area (Å²) in [7, 11) is 0. The third-order valence-corrected chi connectivity index (χ3v) is 7.04. The fourth-order valence-corrected chi connectivity index (χ4v) is 5.75. The Hall–Kier alpha value is -1.82. The first kappa shape index (κ1) is 15.4.